The highest BCUT2D eigenvalue weighted by atomic mass is 79.9. The molecule has 0 saturated heterocycles. The van der Waals surface area contributed by atoms with Gasteiger partial charge in [-0.05, 0) is 65.2 Å². The number of sulfonamides is 1. The molecule has 11 heteroatoms. The Morgan fingerprint density at radius 2 is 2.00 bits per heavy atom. The second kappa shape index (κ2) is 11.7. The van der Waals surface area contributed by atoms with Crippen LogP contribution in [0.3, 0.4) is 0 Å². The molecule has 1 atom stereocenters. The van der Waals surface area contributed by atoms with E-state index in [4.69, 9.17) is 4.74 Å². The Morgan fingerprint density at radius 1 is 1.29 bits per heavy atom. The maximum Gasteiger partial charge on any atom is 0.324 e. The number of halogens is 2. The molecule has 1 aromatic carbocycles. The van der Waals surface area contributed by atoms with Crippen molar-refractivity contribution in [3.63, 3.8) is 0 Å². The smallest absolute Gasteiger partial charge is 0.324 e. The maximum absolute atomic E-state index is 13.7. The first-order chi connectivity index (χ1) is 16.1. The van der Waals surface area contributed by atoms with E-state index in [1.807, 2.05) is 13.8 Å². The van der Waals surface area contributed by atoms with Gasteiger partial charge in [-0.1, -0.05) is 38.3 Å². The van der Waals surface area contributed by atoms with Gasteiger partial charge in [0.1, 0.15) is 11.9 Å². The first-order valence-electron chi connectivity index (χ1n) is 11.6. The molecule has 0 aliphatic heterocycles. The van der Waals surface area contributed by atoms with Gasteiger partial charge in [-0.2, -0.15) is 4.31 Å². The minimum atomic E-state index is -4.22. The Morgan fingerprint density at radius 3 is 2.62 bits per heavy atom. The van der Waals surface area contributed by atoms with Gasteiger partial charge in [0, 0.05) is 17.2 Å². The molecule has 2 aromatic rings. The number of benzene rings is 1. The van der Waals surface area contributed by atoms with Gasteiger partial charge in [0.25, 0.3) is 0 Å². The van der Waals surface area contributed by atoms with Crippen molar-refractivity contribution in [1.82, 2.24) is 19.3 Å². The molecule has 3 rings (SSSR count). The van der Waals surface area contributed by atoms with Gasteiger partial charge in [-0.25, -0.2) is 12.8 Å². The van der Waals surface area contributed by atoms with Crippen molar-refractivity contribution >= 4 is 31.9 Å². The van der Waals surface area contributed by atoms with Crippen LogP contribution in [0.15, 0.2) is 33.8 Å². The lowest BCUT2D eigenvalue weighted by Crippen LogP contribution is -2.46. The second-order valence-corrected chi connectivity index (χ2v) is 11.9. The molecular weight excluding hydrogens is 527 g/mol. The van der Waals surface area contributed by atoms with Crippen LogP contribution in [0.5, 0.6) is 0 Å². The van der Waals surface area contributed by atoms with Gasteiger partial charge in [-0.3, -0.25) is 9.48 Å². The Bertz CT molecular complexity index is 1090. The molecule has 1 saturated carbocycles. The van der Waals surface area contributed by atoms with Gasteiger partial charge in [0.05, 0.1) is 24.2 Å². The van der Waals surface area contributed by atoms with Crippen molar-refractivity contribution in [3.05, 3.63) is 40.4 Å². The van der Waals surface area contributed by atoms with Crippen LogP contribution < -0.4 is 0 Å². The quantitative estimate of drug-likeness (QED) is 0.397. The van der Waals surface area contributed by atoms with E-state index in [2.05, 4.69) is 26.2 Å². The SMILES string of the molecule is COC(=O)[C@H](CC(C)C)N(Cc1cn(CC2CCCCC2)nn1)S(=O)(=O)c1ccc(F)cc1Br. The number of aromatic nitrogens is 3. The predicted octanol–water partition coefficient (Wildman–Crippen LogP) is 4.54. The number of ether oxygens (including phenoxy) is 1. The zero-order valence-electron chi connectivity index (χ0n) is 19.8. The number of nitrogens with zero attached hydrogens (tertiary/aromatic N) is 4. The van der Waals surface area contributed by atoms with E-state index in [0.29, 0.717) is 11.6 Å². The molecule has 0 bridgehead atoms. The number of esters is 1. The summed E-state index contributed by atoms with van der Waals surface area (Å²) in [6.07, 6.45) is 7.96. The van der Waals surface area contributed by atoms with Gasteiger partial charge >= 0.3 is 5.97 Å². The van der Waals surface area contributed by atoms with Crippen LogP contribution in [0.2, 0.25) is 0 Å². The number of rotatable bonds is 10. The summed E-state index contributed by atoms with van der Waals surface area (Å²) in [6, 6.07) is 2.27. The van der Waals surface area contributed by atoms with Crippen LogP contribution >= 0.6 is 15.9 Å². The van der Waals surface area contributed by atoms with E-state index < -0.39 is 27.9 Å². The number of hydrogen-bond acceptors (Lipinski definition) is 6. The van der Waals surface area contributed by atoms with Gasteiger partial charge in [-0.15, -0.1) is 5.10 Å². The first kappa shape index (κ1) is 26.7. The number of carbonyl (C=O) groups is 1. The summed E-state index contributed by atoms with van der Waals surface area (Å²) in [4.78, 5) is 12.6. The summed E-state index contributed by atoms with van der Waals surface area (Å²) in [7, 11) is -2.99. The van der Waals surface area contributed by atoms with Crippen LogP contribution in [0.4, 0.5) is 4.39 Å². The van der Waals surface area contributed by atoms with Crippen molar-refractivity contribution in [2.24, 2.45) is 11.8 Å². The summed E-state index contributed by atoms with van der Waals surface area (Å²) in [5, 5.41) is 8.40. The van der Waals surface area contributed by atoms with E-state index >= 15 is 0 Å². The summed E-state index contributed by atoms with van der Waals surface area (Å²) < 4.78 is 49.0. The summed E-state index contributed by atoms with van der Waals surface area (Å²) in [5.74, 6) is -0.692. The predicted molar refractivity (Wildman–Crippen MR) is 129 cm³/mol. The first-order valence-corrected chi connectivity index (χ1v) is 13.8. The Hall–Kier alpha value is -1.85. The number of carbonyl (C=O) groups excluding carboxylic acids is 1. The fraction of sp³-hybridized carbons (Fsp3) is 0.609. The number of hydrogen-bond donors (Lipinski definition) is 0. The minimum absolute atomic E-state index is 0.0143. The third-order valence-corrected chi connectivity index (χ3v) is 8.90. The molecule has 188 valence electrons. The largest absolute Gasteiger partial charge is 0.468 e. The standard InChI is InChI=1S/C23H32BrFN4O4S/c1-16(2)11-21(23(30)33-3)29(34(31,32)22-10-9-18(25)12-20(22)24)15-19-14-28(27-26-19)13-17-7-5-4-6-8-17/h9-10,12,14,16-17,21H,4-8,11,13,15H2,1-3H3/t21-/m0/s1. The molecule has 0 N–H and O–H groups in total. The van der Waals surface area contributed by atoms with Crippen molar-refractivity contribution < 1.29 is 22.3 Å². The van der Waals surface area contributed by atoms with Crippen LogP contribution in [-0.2, 0) is 32.6 Å². The highest BCUT2D eigenvalue weighted by Crippen LogP contribution is 2.30. The van der Waals surface area contributed by atoms with Crippen LogP contribution in [-0.4, -0.2) is 46.8 Å². The van der Waals surface area contributed by atoms with E-state index in [-0.39, 0.29) is 28.3 Å². The lowest BCUT2D eigenvalue weighted by atomic mass is 9.89. The van der Waals surface area contributed by atoms with Crippen molar-refractivity contribution in [2.75, 3.05) is 7.11 Å². The Kier molecular flexibility index (Phi) is 9.22. The molecule has 0 amide bonds. The molecule has 0 spiro atoms. The third kappa shape index (κ3) is 6.63. The summed E-state index contributed by atoms with van der Waals surface area (Å²) >= 11 is 3.16. The average Bonchev–Trinajstić information content (AvgIpc) is 3.22. The topological polar surface area (TPSA) is 94.4 Å². The van der Waals surface area contributed by atoms with Crippen molar-refractivity contribution in [2.45, 2.75) is 76.4 Å². The van der Waals surface area contributed by atoms with Crippen LogP contribution in [0, 0.1) is 17.7 Å². The second-order valence-electron chi connectivity index (χ2n) is 9.23. The van der Waals surface area contributed by atoms with E-state index in [9.17, 15) is 17.6 Å². The molecule has 1 fully saturated rings. The third-order valence-electron chi connectivity index (χ3n) is 6.07. The highest BCUT2D eigenvalue weighted by molar-refractivity contribution is 9.10. The molecule has 1 aliphatic rings. The van der Waals surface area contributed by atoms with E-state index in [0.717, 1.165) is 35.8 Å². The maximum atomic E-state index is 13.7. The minimum Gasteiger partial charge on any atom is -0.468 e. The van der Waals surface area contributed by atoms with E-state index in [1.54, 1.807) is 10.9 Å². The van der Waals surface area contributed by atoms with E-state index in [1.165, 1.54) is 32.4 Å². The lowest BCUT2D eigenvalue weighted by molar-refractivity contribution is -0.145. The van der Waals surface area contributed by atoms with Crippen LogP contribution in [0.1, 0.15) is 58.1 Å². The zero-order chi connectivity index (χ0) is 24.9. The average molecular weight is 560 g/mol. The molecule has 1 aliphatic carbocycles. The fourth-order valence-electron chi connectivity index (χ4n) is 4.38. The van der Waals surface area contributed by atoms with Gasteiger partial charge in [0.15, 0.2) is 0 Å². The van der Waals surface area contributed by atoms with Gasteiger partial charge < -0.3 is 4.74 Å². The summed E-state index contributed by atoms with van der Waals surface area (Å²) in [6.45, 7) is 4.36. The van der Waals surface area contributed by atoms with Crippen molar-refractivity contribution in [3.8, 4) is 0 Å². The zero-order valence-corrected chi connectivity index (χ0v) is 22.2. The molecule has 0 unspecified atom stereocenters. The molecular formula is C23H32BrFN4O4S. The normalized spacial score (nSPS) is 16.2. The summed E-state index contributed by atoms with van der Waals surface area (Å²) in [5.41, 5.74) is 0.426. The highest BCUT2D eigenvalue weighted by Gasteiger charge is 2.38. The molecule has 8 nitrogen and oxygen atoms in total. The number of methoxy groups -OCH3 is 1. The molecule has 34 heavy (non-hydrogen) atoms. The molecule has 1 heterocycles. The van der Waals surface area contributed by atoms with Gasteiger partial charge in [0.2, 0.25) is 10.0 Å². The Labute approximate surface area is 209 Å². The lowest BCUT2D eigenvalue weighted by Gasteiger charge is -2.30. The van der Waals surface area contributed by atoms with Crippen molar-refractivity contribution in [1.29, 1.82) is 0 Å². The fourth-order valence-corrected chi connectivity index (χ4v) is 6.95. The monoisotopic (exact) mass is 558 g/mol. The molecule has 1 aromatic heterocycles. The molecule has 0 radical (unpaired) electrons. The Balaban J connectivity index is 1.95. The van der Waals surface area contributed by atoms with Crippen LogP contribution in [0.25, 0.3) is 0 Å².